The van der Waals surface area contributed by atoms with Crippen molar-refractivity contribution in [3.8, 4) is 11.5 Å². The van der Waals surface area contributed by atoms with Gasteiger partial charge in [-0.3, -0.25) is 10.1 Å². The summed E-state index contributed by atoms with van der Waals surface area (Å²) in [6.45, 7) is 2.31. The normalized spacial score (nSPS) is 16.5. The van der Waals surface area contributed by atoms with Gasteiger partial charge in [-0.2, -0.15) is 0 Å². The van der Waals surface area contributed by atoms with Gasteiger partial charge in [0.05, 0.1) is 16.6 Å². The molecule has 0 aromatic heterocycles. The molecule has 2 atom stereocenters. The molecule has 158 valence electrons. The number of nitro benzene ring substituents is 1. The zero-order valence-electron chi connectivity index (χ0n) is 16.3. The first kappa shape index (κ1) is 21.3. The van der Waals surface area contributed by atoms with Gasteiger partial charge in [0.2, 0.25) is 0 Å². The number of esters is 2. The molecule has 0 saturated carbocycles. The molecule has 2 aromatic rings. The fourth-order valence-electron chi connectivity index (χ4n) is 2.83. The van der Waals surface area contributed by atoms with Gasteiger partial charge < -0.3 is 18.9 Å². The number of nitro groups is 1. The van der Waals surface area contributed by atoms with Crippen molar-refractivity contribution in [1.29, 1.82) is 0 Å². The van der Waals surface area contributed by atoms with Crippen molar-refractivity contribution < 1.29 is 33.5 Å². The first-order chi connectivity index (χ1) is 14.4. The lowest BCUT2D eigenvalue weighted by atomic mass is 10.2. The molecule has 0 N–H and O–H groups in total. The molecule has 1 heterocycles. The van der Waals surface area contributed by atoms with E-state index in [4.69, 9.17) is 18.9 Å². The molecule has 1 saturated heterocycles. The quantitative estimate of drug-likeness (QED) is 0.279. The number of carbonyl (C=O) groups is 2. The van der Waals surface area contributed by atoms with Crippen molar-refractivity contribution in [3.63, 3.8) is 0 Å². The van der Waals surface area contributed by atoms with Crippen LogP contribution in [0.4, 0.5) is 5.69 Å². The van der Waals surface area contributed by atoms with E-state index >= 15 is 0 Å². The van der Waals surface area contributed by atoms with Crippen molar-refractivity contribution in [2.24, 2.45) is 0 Å². The standard InChI is InChI=1S/C21H21NO8/c1-14(29-19-7-3-2-6-18(19)22(25)26)20(23)30-16-10-8-15(9-11-16)21(24)28-13-17-5-4-12-27-17/h2-3,6-11,14,17H,4-5,12-13H2,1H3. The summed E-state index contributed by atoms with van der Waals surface area (Å²) in [5.74, 6) is -1.05. The summed E-state index contributed by atoms with van der Waals surface area (Å²) in [4.78, 5) is 34.8. The van der Waals surface area contributed by atoms with Gasteiger partial charge in [-0.25, -0.2) is 9.59 Å². The van der Waals surface area contributed by atoms with E-state index in [2.05, 4.69) is 0 Å². The summed E-state index contributed by atoms with van der Waals surface area (Å²) in [6.07, 6.45) is 0.689. The Balaban J connectivity index is 1.53. The van der Waals surface area contributed by atoms with Crippen LogP contribution in [-0.2, 0) is 14.3 Å². The van der Waals surface area contributed by atoms with Crippen LogP contribution >= 0.6 is 0 Å². The van der Waals surface area contributed by atoms with Crippen LogP contribution in [-0.4, -0.2) is 42.3 Å². The van der Waals surface area contributed by atoms with Crippen molar-refractivity contribution in [2.45, 2.75) is 32.0 Å². The lowest BCUT2D eigenvalue weighted by Gasteiger charge is -2.14. The van der Waals surface area contributed by atoms with Crippen LogP contribution in [0.25, 0.3) is 0 Å². The van der Waals surface area contributed by atoms with Gasteiger partial charge in [-0.15, -0.1) is 0 Å². The highest BCUT2D eigenvalue weighted by atomic mass is 16.6. The van der Waals surface area contributed by atoms with Crippen LogP contribution in [0.5, 0.6) is 11.5 Å². The summed E-state index contributed by atoms with van der Waals surface area (Å²) in [5, 5.41) is 11.0. The Kier molecular flexibility index (Phi) is 6.97. The highest BCUT2D eigenvalue weighted by Gasteiger charge is 2.23. The van der Waals surface area contributed by atoms with Gasteiger partial charge >= 0.3 is 17.6 Å². The van der Waals surface area contributed by atoms with Gasteiger partial charge in [-0.1, -0.05) is 12.1 Å². The third kappa shape index (κ3) is 5.54. The van der Waals surface area contributed by atoms with E-state index in [0.29, 0.717) is 12.2 Å². The van der Waals surface area contributed by atoms with Crippen LogP contribution in [0, 0.1) is 10.1 Å². The number of carbonyl (C=O) groups excluding carboxylic acids is 2. The Bertz CT molecular complexity index is 905. The van der Waals surface area contributed by atoms with Crippen LogP contribution < -0.4 is 9.47 Å². The Morgan fingerprint density at radius 2 is 1.93 bits per heavy atom. The van der Waals surface area contributed by atoms with E-state index in [1.807, 2.05) is 0 Å². The number of para-hydroxylation sites is 2. The molecular formula is C21H21NO8. The fraction of sp³-hybridized carbons (Fsp3) is 0.333. The van der Waals surface area contributed by atoms with Crippen molar-refractivity contribution in [2.75, 3.05) is 13.2 Å². The topological polar surface area (TPSA) is 114 Å². The van der Waals surface area contributed by atoms with Crippen molar-refractivity contribution >= 4 is 17.6 Å². The summed E-state index contributed by atoms with van der Waals surface area (Å²) in [7, 11) is 0. The fourth-order valence-corrected chi connectivity index (χ4v) is 2.83. The number of benzene rings is 2. The predicted octanol–water partition coefficient (Wildman–Crippen LogP) is 3.30. The van der Waals surface area contributed by atoms with Crippen LogP contribution in [0.2, 0.25) is 0 Å². The van der Waals surface area contributed by atoms with E-state index in [0.717, 1.165) is 12.8 Å². The maximum Gasteiger partial charge on any atom is 0.352 e. The molecule has 0 bridgehead atoms. The molecule has 3 rings (SSSR count). The second kappa shape index (κ2) is 9.84. The Hall–Kier alpha value is -3.46. The van der Waals surface area contributed by atoms with E-state index in [1.54, 1.807) is 6.07 Å². The second-order valence-electron chi connectivity index (χ2n) is 6.66. The maximum atomic E-state index is 12.2. The molecule has 0 radical (unpaired) electrons. The smallest absolute Gasteiger partial charge is 0.352 e. The number of ether oxygens (including phenoxy) is 4. The summed E-state index contributed by atoms with van der Waals surface area (Å²) < 4.78 is 21.2. The Morgan fingerprint density at radius 1 is 1.20 bits per heavy atom. The third-order valence-corrected chi connectivity index (χ3v) is 4.43. The van der Waals surface area contributed by atoms with Gasteiger partial charge in [-0.05, 0) is 50.1 Å². The van der Waals surface area contributed by atoms with Gasteiger partial charge in [0.25, 0.3) is 0 Å². The zero-order valence-corrected chi connectivity index (χ0v) is 16.3. The molecule has 0 spiro atoms. The van der Waals surface area contributed by atoms with E-state index in [-0.39, 0.29) is 29.9 Å². The number of hydrogen-bond acceptors (Lipinski definition) is 8. The van der Waals surface area contributed by atoms with Crippen LogP contribution in [0.15, 0.2) is 48.5 Å². The average molecular weight is 415 g/mol. The predicted molar refractivity (Wildman–Crippen MR) is 105 cm³/mol. The van der Waals surface area contributed by atoms with Gasteiger partial charge in [0.15, 0.2) is 11.9 Å². The summed E-state index contributed by atoms with van der Waals surface area (Å²) in [6, 6.07) is 11.6. The lowest BCUT2D eigenvalue weighted by Crippen LogP contribution is -2.28. The average Bonchev–Trinajstić information content (AvgIpc) is 3.26. The zero-order chi connectivity index (χ0) is 21.5. The summed E-state index contributed by atoms with van der Waals surface area (Å²) >= 11 is 0. The first-order valence-corrected chi connectivity index (χ1v) is 9.44. The lowest BCUT2D eigenvalue weighted by molar-refractivity contribution is -0.386. The summed E-state index contributed by atoms with van der Waals surface area (Å²) in [5.41, 5.74) is 0.0695. The monoisotopic (exact) mass is 415 g/mol. The Morgan fingerprint density at radius 3 is 2.60 bits per heavy atom. The molecular weight excluding hydrogens is 394 g/mol. The van der Waals surface area contributed by atoms with Gasteiger partial charge in [0, 0.05) is 12.7 Å². The molecule has 9 heteroatoms. The van der Waals surface area contributed by atoms with Crippen LogP contribution in [0.1, 0.15) is 30.1 Å². The molecule has 0 amide bonds. The van der Waals surface area contributed by atoms with Crippen molar-refractivity contribution in [1.82, 2.24) is 0 Å². The minimum absolute atomic E-state index is 0.0312. The Labute approximate surface area is 172 Å². The molecule has 9 nitrogen and oxygen atoms in total. The van der Waals surface area contributed by atoms with E-state index in [9.17, 15) is 19.7 Å². The minimum atomic E-state index is -1.08. The number of nitrogens with zero attached hydrogens (tertiary/aromatic N) is 1. The molecule has 2 aromatic carbocycles. The molecule has 2 unspecified atom stereocenters. The van der Waals surface area contributed by atoms with Crippen LogP contribution in [0.3, 0.4) is 0 Å². The number of rotatable bonds is 8. The second-order valence-corrected chi connectivity index (χ2v) is 6.66. The highest BCUT2D eigenvalue weighted by molar-refractivity contribution is 5.89. The third-order valence-electron chi connectivity index (χ3n) is 4.43. The molecule has 1 fully saturated rings. The van der Waals surface area contributed by atoms with E-state index < -0.39 is 23.0 Å². The molecule has 30 heavy (non-hydrogen) atoms. The maximum absolute atomic E-state index is 12.2. The first-order valence-electron chi connectivity index (χ1n) is 9.44. The SMILES string of the molecule is CC(Oc1ccccc1[N+](=O)[O-])C(=O)Oc1ccc(C(=O)OCC2CCCO2)cc1. The molecule has 0 aliphatic carbocycles. The minimum Gasteiger partial charge on any atom is -0.472 e. The number of hydrogen-bond donors (Lipinski definition) is 0. The van der Waals surface area contributed by atoms with E-state index in [1.165, 1.54) is 49.4 Å². The van der Waals surface area contributed by atoms with Crippen molar-refractivity contribution in [3.05, 3.63) is 64.2 Å². The largest absolute Gasteiger partial charge is 0.472 e. The van der Waals surface area contributed by atoms with Gasteiger partial charge in [0.1, 0.15) is 12.4 Å². The molecule has 1 aliphatic rings. The molecule has 1 aliphatic heterocycles. The highest BCUT2D eigenvalue weighted by Crippen LogP contribution is 2.27.